The summed E-state index contributed by atoms with van der Waals surface area (Å²) in [6.07, 6.45) is 0. The van der Waals surface area contributed by atoms with Crippen molar-refractivity contribution in [3.05, 3.63) is 34.1 Å². The molecule has 0 spiro atoms. The Balaban J connectivity index is 2.07. The Hall–Kier alpha value is -1.56. The number of phenolic OH excluding ortho intramolecular Hbond substituents is 1. The van der Waals surface area contributed by atoms with E-state index in [4.69, 9.17) is 4.52 Å². The van der Waals surface area contributed by atoms with Crippen LogP contribution in [-0.4, -0.2) is 15.2 Å². The molecule has 1 aromatic heterocycles. The summed E-state index contributed by atoms with van der Waals surface area (Å²) in [6, 6.07) is 5.78. The Morgan fingerprint density at radius 3 is 3.00 bits per heavy atom. The Morgan fingerprint density at radius 1 is 1.50 bits per heavy atom. The monoisotopic (exact) mass is 283 g/mol. The fraction of sp³-hybridized carbons (Fsp3) is 0.200. The lowest BCUT2D eigenvalue weighted by Crippen LogP contribution is -2.00. The van der Waals surface area contributed by atoms with Crippen LogP contribution in [-0.2, 0) is 6.54 Å². The lowest BCUT2D eigenvalue weighted by molar-refractivity contribution is 0.424. The quantitative estimate of drug-likeness (QED) is 0.905. The van der Waals surface area contributed by atoms with Gasteiger partial charge in [-0.15, -0.1) is 0 Å². The Labute approximate surface area is 101 Å². The predicted octanol–water partition coefficient (Wildman–Crippen LogP) is 2.46. The molecule has 0 saturated heterocycles. The number of rotatable bonds is 3. The summed E-state index contributed by atoms with van der Waals surface area (Å²) in [5.41, 5.74) is 0.755. The number of hydrogen-bond donors (Lipinski definition) is 2. The van der Waals surface area contributed by atoms with E-state index in [9.17, 15) is 5.11 Å². The standard InChI is InChI=1S/C10H10BrN3O2/c1-6-13-10(16-14-6)12-5-7-3-2-4-8(11)9(7)15/h2-4,15H,5H2,1H3,(H,12,13,14). The van der Waals surface area contributed by atoms with Gasteiger partial charge in [0, 0.05) is 12.1 Å². The molecule has 5 nitrogen and oxygen atoms in total. The predicted molar refractivity (Wildman–Crippen MR) is 62.2 cm³/mol. The number of aromatic nitrogens is 2. The Bertz CT molecular complexity index is 499. The van der Waals surface area contributed by atoms with Crippen LogP contribution in [0, 0.1) is 6.92 Å². The van der Waals surface area contributed by atoms with Crippen molar-refractivity contribution in [2.24, 2.45) is 0 Å². The summed E-state index contributed by atoms with van der Waals surface area (Å²) in [5, 5.41) is 16.3. The normalized spacial score (nSPS) is 10.4. The van der Waals surface area contributed by atoms with E-state index in [-0.39, 0.29) is 5.75 Å². The van der Waals surface area contributed by atoms with Gasteiger partial charge in [-0.05, 0) is 28.9 Å². The van der Waals surface area contributed by atoms with Crippen LogP contribution in [0.2, 0.25) is 0 Å². The van der Waals surface area contributed by atoms with E-state index >= 15 is 0 Å². The molecule has 0 radical (unpaired) electrons. The summed E-state index contributed by atoms with van der Waals surface area (Å²) >= 11 is 3.25. The molecule has 0 saturated carbocycles. The second-order valence-corrected chi connectivity index (χ2v) is 4.10. The van der Waals surface area contributed by atoms with Crippen molar-refractivity contribution in [1.29, 1.82) is 0 Å². The first-order chi connectivity index (χ1) is 7.66. The van der Waals surface area contributed by atoms with Crippen LogP contribution in [0.15, 0.2) is 27.2 Å². The summed E-state index contributed by atoms with van der Waals surface area (Å²) in [6.45, 7) is 2.16. The molecule has 2 rings (SSSR count). The number of nitrogens with one attached hydrogen (secondary N) is 1. The minimum Gasteiger partial charge on any atom is -0.506 e. The molecule has 0 bridgehead atoms. The van der Waals surface area contributed by atoms with Gasteiger partial charge in [-0.1, -0.05) is 17.3 Å². The van der Waals surface area contributed by atoms with Gasteiger partial charge in [-0.25, -0.2) is 0 Å². The summed E-state index contributed by atoms with van der Waals surface area (Å²) < 4.78 is 5.55. The number of anilines is 1. The molecule has 0 fully saturated rings. The van der Waals surface area contributed by atoms with Gasteiger partial charge in [0.1, 0.15) is 5.75 Å². The zero-order chi connectivity index (χ0) is 11.5. The minimum absolute atomic E-state index is 0.214. The van der Waals surface area contributed by atoms with Crippen molar-refractivity contribution in [2.45, 2.75) is 13.5 Å². The van der Waals surface area contributed by atoms with Gasteiger partial charge in [0.2, 0.25) is 0 Å². The molecule has 0 aliphatic carbocycles. The second kappa shape index (κ2) is 4.52. The highest BCUT2D eigenvalue weighted by Crippen LogP contribution is 2.27. The number of benzene rings is 1. The topological polar surface area (TPSA) is 71.2 Å². The maximum absolute atomic E-state index is 9.73. The number of nitrogens with zero attached hydrogens (tertiary/aromatic N) is 2. The molecule has 1 heterocycles. The van der Waals surface area contributed by atoms with Crippen molar-refractivity contribution in [2.75, 3.05) is 5.32 Å². The van der Waals surface area contributed by atoms with Gasteiger partial charge >= 0.3 is 6.01 Å². The van der Waals surface area contributed by atoms with Crippen LogP contribution < -0.4 is 5.32 Å². The van der Waals surface area contributed by atoms with Crippen LogP contribution >= 0.6 is 15.9 Å². The van der Waals surface area contributed by atoms with Gasteiger partial charge in [0.15, 0.2) is 5.82 Å². The smallest absolute Gasteiger partial charge is 0.321 e. The molecule has 2 N–H and O–H groups in total. The van der Waals surface area contributed by atoms with Gasteiger partial charge in [-0.3, -0.25) is 0 Å². The number of halogens is 1. The van der Waals surface area contributed by atoms with E-state index < -0.39 is 0 Å². The Morgan fingerprint density at radius 2 is 2.31 bits per heavy atom. The van der Waals surface area contributed by atoms with Crippen LogP contribution in [0.4, 0.5) is 6.01 Å². The number of aromatic hydroxyl groups is 1. The maximum atomic E-state index is 9.73. The molecule has 0 atom stereocenters. The summed E-state index contributed by atoms with van der Waals surface area (Å²) in [4.78, 5) is 4.00. The van der Waals surface area contributed by atoms with E-state index in [0.29, 0.717) is 22.9 Å². The SMILES string of the molecule is Cc1noc(NCc2cccc(Br)c2O)n1. The van der Waals surface area contributed by atoms with Gasteiger partial charge in [-0.2, -0.15) is 4.98 Å². The third-order valence-corrected chi connectivity index (χ3v) is 2.67. The first-order valence-electron chi connectivity index (χ1n) is 4.67. The van der Waals surface area contributed by atoms with Crippen LogP contribution in [0.1, 0.15) is 11.4 Å². The molecule has 6 heteroatoms. The fourth-order valence-electron chi connectivity index (χ4n) is 1.24. The van der Waals surface area contributed by atoms with Gasteiger partial charge in [0.05, 0.1) is 4.47 Å². The second-order valence-electron chi connectivity index (χ2n) is 3.25. The van der Waals surface area contributed by atoms with Crippen molar-refractivity contribution < 1.29 is 9.63 Å². The zero-order valence-corrected chi connectivity index (χ0v) is 10.2. The zero-order valence-electron chi connectivity index (χ0n) is 8.57. The molecule has 0 aliphatic heterocycles. The fourth-order valence-corrected chi connectivity index (χ4v) is 1.65. The molecule has 16 heavy (non-hydrogen) atoms. The highest BCUT2D eigenvalue weighted by molar-refractivity contribution is 9.10. The number of para-hydroxylation sites is 1. The molecule has 1 aromatic carbocycles. The van der Waals surface area contributed by atoms with Crippen molar-refractivity contribution in [3.8, 4) is 5.75 Å². The van der Waals surface area contributed by atoms with Crippen molar-refractivity contribution in [1.82, 2.24) is 10.1 Å². The number of hydrogen-bond acceptors (Lipinski definition) is 5. The first-order valence-corrected chi connectivity index (χ1v) is 5.46. The molecule has 84 valence electrons. The number of phenols is 1. The number of aryl methyl sites for hydroxylation is 1. The summed E-state index contributed by atoms with van der Waals surface area (Å²) in [5.74, 6) is 0.784. The lowest BCUT2D eigenvalue weighted by atomic mass is 10.2. The van der Waals surface area contributed by atoms with E-state index in [2.05, 4.69) is 31.4 Å². The van der Waals surface area contributed by atoms with Crippen LogP contribution in [0.25, 0.3) is 0 Å². The molecule has 0 amide bonds. The lowest BCUT2D eigenvalue weighted by Gasteiger charge is -2.05. The van der Waals surface area contributed by atoms with E-state index in [0.717, 1.165) is 5.56 Å². The van der Waals surface area contributed by atoms with Gasteiger partial charge < -0.3 is 14.9 Å². The third-order valence-electron chi connectivity index (χ3n) is 2.03. The Kier molecular flexibility index (Phi) is 3.09. The first kappa shape index (κ1) is 10.9. The molecule has 0 aliphatic rings. The molecule has 0 unspecified atom stereocenters. The highest BCUT2D eigenvalue weighted by Gasteiger charge is 2.06. The maximum Gasteiger partial charge on any atom is 0.321 e. The van der Waals surface area contributed by atoms with Crippen molar-refractivity contribution >= 4 is 21.9 Å². The molecule has 2 aromatic rings. The average molecular weight is 284 g/mol. The summed E-state index contributed by atoms with van der Waals surface area (Å²) in [7, 11) is 0. The largest absolute Gasteiger partial charge is 0.506 e. The van der Waals surface area contributed by atoms with Gasteiger partial charge in [0.25, 0.3) is 0 Å². The van der Waals surface area contributed by atoms with Crippen molar-refractivity contribution in [3.63, 3.8) is 0 Å². The minimum atomic E-state index is 0.214. The third kappa shape index (κ3) is 2.33. The van der Waals surface area contributed by atoms with Crippen LogP contribution in [0.5, 0.6) is 5.75 Å². The average Bonchev–Trinajstić information content (AvgIpc) is 2.67. The van der Waals surface area contributed by atoms with E-state index in [1.54, 1.807) is 13.0 Å². The van der Waals surface area contributed by atoms with E-state index in [1.807, 2.05) is 12.1 Å². The molecular formula is C10H10BrN3O2. The van der Waals surface area contributed by atoms with E-state index in [1.165, 1.54) is 0 Å². The molecular weight excluding hydrogens is 274 g/mol. The van der Waals surface area contributed by atoms with Crippen LogP contribution in [0.3, 0.4) is 0 Å². The highest BCUT2D eigenvalue weighted by atomic mass is 79.9.